The minimum absolute atomic E-state index is 0.177. The van der Waals surface area contributed by atoms with Crippen molar-refractivity contribution in [2.24, 2.45) is 0 Å². The van der Waals surface area contributed by atoms with E-state index in [1.165, 1.54) is 0 Å². The van der Waals surface area contributed by atoms with Gasteiger partial charge in [0.25, 0.3) is 5.91 Å². The molecule has 2 N–H and O–H groups in total. The SMILES string of the molecule is CCOc1ccccc1Nc1cc(C(=O)Nc2cc(C)cc(C)c2)ccn1. The number of anilines is 3. The average Bonchev–Trinajstić information content (AvgIpc) is 2.63. The average molecular weight is 361 g/mol. The van der Waals surface area contributed by atoms with E-state index in [2.05, 4.69) is 21.7 Å². The van der Waals surface area contributed by atoms with E-state index in [0.29, 0.717) is 18.0 Å². The molecular weight excluding hydrogens is 338 g/mol. The maximum atomic E-state index is 12.6. The lowest BCUT2D eigenvalue weighted by Gasteiger charge is -2.12. The van der Waals surface area contributed by atoms with E-state index in [1.807, 2.05) is 57.2 Å². The van der Waals surface area contributed by atoms with E-state index in [9.17, 15) is 4.79 Å². The fraction of sp³-hybridized carbons (Fsp3) is 0.182. The molecule has 0 aliphatic carbocycles. The Balaban J connectivity index is 1.78. The number of aryl methyl sites for hydroxylation is 2. The second-order valence-electron chi connectivity index (χ2n) is 6.31. The van der Waals surface area contributed by atoms with Crippen molar-refractivity contribution in [2.75, 3.05) is 17.2 Å². The van der Waals surface area contributed by atoms with Gasteiger partial charge in [0.15, 0.2) is 0 Å². The number of pyridine rings is 1. The van der Waals surface area contributed by atoms with Crippen LogP contribution in [0.25, 0.3) is 0 Å². The zero-order valence-electron chi connectivity index (χ0n) is 15.7. The molecule has 0 saturated heterocycles. The van der Waals surface area contributed by atoms with Crippen molar-refractivity contribution in [2.45, 2.75) is 20.8 Å². The van der Waals surface area contributed by atoms with Crippen LogP contribution in [0.5, 0.6) is 5.75 Å². The lowest BCUT2D eigenvalue weighted by Crippen LogP contribution is -2.12. The number of nitrogens with one attached hydrogen (secondary N) is 2. The standard InChI is InChI=1S/C22H23N3O2/c1-4-27-20-8-6-5-7-19(20)25-21-14-17(9-10-23-21)22(26)24-18-12-15(2)11-16(3)13-18/h5-14H,4H2,1-3H3,(H,23,25)(H,24,26). The van der Waals surface area contributed by atoms with Crippen molar-refractivity contribution in [3.63, 3.8) is 0 Å². The molecule has 27 heavy (non-hydrogen) atoms. The minimum Gasteiger partial charge on any atom is -0.492 e. The van der Waals surface area contributed by atoms with E-state index in [4.69, 9.17) is 4.74 Å². The second kappa shape index (κ2) is 8.36. The summed E-state index contributed by atoms with van der Waals surface area (Å²) < 4.78 is 5.62. The summed E-state index contributed by atoms with van der Waals surface area (Å²) in [4.78, 5) is 16.9. The molecule has 5 heteroatoms. The Morgan fingerprint density at radius 2 is 1.78 bits per heavy atom. The number of rotatable bonds is 6. The molecule has 0 spiro atoms. The summed E-state index contributed by atoms with van der Waals surface area (Å²) in [5.41, 5.74) is 4.33. The van der Waals surface area contributed by atoms with Crippen molar-refractivity contribution >= 4 is 23.1 Å². The van der Waals surface area contributed by atoms with E-state index in [1.54, 1.807) is 18.3 Å². The van der Waals surface area contributed by atoms with Gasteiger partial charge in [0.2, 0.25) is 0 Å². The third-order valence-corrected chi connectivity index (χ3v) is 3.95. The first-order valence-corrected chi connectivity index (χ1v) is 8.89. The number of carbonyl (C=O) groups excluding carboxylic acids is 1. The molecule has 0 atom stereocenters. The number of benzene rings is 2. The van der Waals surface area contributed by atoms with Crippen molar-refractivity contribution in [1.29, 1.82) is 0 Å². The Bertz CT molecular complexity index is 934. The van der Waals surface area contributed by atoms with Crippen LogP contribution in [0.1, 0.15) is 28.4 Å². The van der Waals surface area contributed by atoms with E-state index < -0.39 is 0 Å². The van der Waals surface area contributed by atoms with Gasteiger partial charge in [-0.05, 0) is 68.3 Å². The van der Waals surface area contributed by atoms with Crippen molar-refractivity contribution in [1.82, 2.24) is 4.98 Å². The predicted molar refractivity (Wildman–Crippen MR) is 109 cm³/mol. The molecule has 1 aromatic heterocycles. The third-order valence-electron chi connectivity index (χ3n) is 3.95. The quantitative estimate of drug-likeness (QED) is 0.642. The Morgan fingerprint density at radius 3 is 2.52 bits per heavy atom. The summed E-state index contributed by atoms with van der Waals surface area (Å²) >= 11 is 0. The normalized spacial score (nSPS) is 10.3. The van der Waals surface area contributed by atoms with Crippen LogP contribution in [0.15, 0.2) is 60.8 Å². The van der Waals surface area contributed by atoms with Gasteiger partial charge in [-0.1, -0.05) is 18.2 Å². The van der Waals surface area contributed by atoms with Crippen molar-refractivity contribution in [3.8, 4) is 5.75 Å². The first-order chi connectivity index (χ1) is 13.0. The van der Waals surface area contributed by atoms with Gasteiger partial charge >= 0.3 is 0 Å². The lowest BCUT2D eigenvalue weighted by molar-refractivity contribution is 0.102. The van der Waals surface area contributed by atoms with Gasteiger partial charge in [-0.25, -0.2) is 4.98 Å². The van der Waals surface area contributed by atoms with Gasteiger partial charge in [-0.3, -0.25) is 4.79 Å². The van der Waals surface area contributed by atoms with Crippen molar-refractivity contribution < 1.29 is 9.53 Å². The molecule has 0 radical (unpaired) electrons. The first kappa shape index (κ1) is 18.5. The molecule has 0 fully saturated rings. The Kier molecular flexibility index (Phi) is 5.71. The number of amides is 1. The predicted octanol–water partition coefficient (Wildman–Crippen LogP) is 5.09. The van der Waals surface area contributed by atoms with Crippen LogP contribution in [0.3, 0.4) is 0 Å². The zero-order chi connectivity index (χ0) is 19.2. The molecule has 1 amide bonds. The Hall–Kier alpha value is -3.34. The zero-order valence-corrected chi connectivity index (χ0v) is 15.7. The molecule has 0 aliphatic rings. The largest absolute Gasteiger partial charge is 0.492 e. The Morgan fingerprint density at radius 1 is 1.04 bits per heavy atom. The lowest BCUT2D eigenvalue weighted by atomic mass is 10.1. The van der Waals surface area contributed by atoms with Crippen LogP contribution in [0, 0.1) is 13.8 Å². The molecule has 5 nitrogen and oxygen atoms in total. The summed E-state index contributed by atoms with van der Waals surface area (Å²) in [5, 5.41) is 6.16. The number of nitrogens with zero attached hydrogens (tertiary/aromatic N) is 1. The highest BCUT2D eigenvalue weighted by Gasteiger charge is 2.10. The van der Waals surface area contributed by atoms with Gasteiger partial charge in [0.05, 0.1) is 12.3 Å². The Labute approximate surface area is 159 Å². The molecule has 2 aromatic carbocycles. The molecule has 1 heterocycles. The summed E-state index contributed by atoms with van der Waals surface area (Å²) in [7, 11) is 0. The molecule has 0 bridgehead atoms. The first-order valence-electron chi connectivity index (χ1n) is 8.89. The smallest absolute Gasteiger partial charge is 0.255 e. The number of aromatic nitrogens is 1. The van der Waals surface area contributed by atoms with Crippen LogP contribution in [-0.2, 0) is 0 Å². The van der Waals surface area contributed by atoms with Crippen LogP contribution < -0.4 is 15.4 Å². The maximum absolute atomic E-state index is 12.6. The summed E-state index contributed by atoms with van der Waals surface area (Å²) in [5.74, 6) is 1.14. The molecule has 3 aromatic rings. The van der Waals surface area contributed by atoms with Gasteiger partial charge in [-0.15, -0.1) is 0 Å². The number of carbonyl (C=O) groups is 1. The van der Waals surface area contributed by atoms with Crippen LogP contribution in [-0.4, -0.2) is 17.5 Å². The number of para-hydroxylation sites is 2. The molecule has 0 saturated carbocycles. The number of ether oxygens (including phenoxy) is 1. The van der Waals surface area contributed by atoms with Gasteiger partial charge in [0.1, 0.15) is 11.6 Å². The topological polar surface area (TPSA) is 63.2 Å². The highest BCUT2D eigenvalue weighted by Crippen LogP contribution is 2.27. The van der Waals surface area contributed by atoms with Gasteiger partial charge < -0.3 is 15.4 Å². The van der Waals surface area contributed by atoms with Crippen LogP contribution in [0.2, 0.25) is 0 Å². The molecular formula is C22H23N3O2. The molecule has 0 unspecified atom stereocenters. The summed E-state index contributed by atoms with van der Waals surface area (Å²) in [6, 6.07) is 17.0. The van der Waals surface area contributed by atoms with Gasteiger partial charge in [0, 0.05) is 17.4 Å². The fourth-order valence-corrected chi connectivity index (χ4v) is 2.88. The monoisotopic (exact) mass is 361 g/mol. The van der Waals surface area contributed by atoms with Crippen LogP contribution in [0.4, 0.5) is 17.2 Å². The minimum atomic E-state index is -0.177. The summed E-state index contributed by atoms with van der Waals surface area (Å²) in [6.45, 7) is 6.53. The fourth-order valence-electron chi connectivity index (χ4n) is 2.88. The maximum Gasteiger partial charge on any atom is 0.255 e. The highest BCUT2D eigenvalue weighted by molar-refractivity contribution is 6.04. The second-order valence-corrected chi connectivity index (χ2v) is 6.31. The highest BCUT2D eigenvalue weighted by atomic mass is 16.5. The van der Waals surface area contributed by atoms with E-state index >= 15 is 0 Å². The van der Waals surface area contributed by atoms with E-state index in [-0.39, 0.29) is 5.91 Å². The molecule has 138 valence electrons. The third kappa shape index (κ3) is 4.85. The van der Waals surface area contributed by atoms with Crippen LogP contribution >= 0.6 is 0 Å². The molecule has 0 aliphatic heterocycles. The molecule has 3 rings (SSSR count). The summed E-state index contributed by atoms with van der Waals surface area (Å²) in [6.07, 6.45) is 1.61. The number of hydrogen-bond acceptors (Lipinski definition) is 4. The van der Waals surface area contributed by atoms with Gasteiger partial charge in [-0.2, -0.15) is 0 Å². The van der Waals surface area contributed by atoms with Crippen molar-refractivity contribution in [3.05, 3.63) is 77.5 Å². The number of hydrogen-bond donors (Lipinski definition) is 2. The van der Waals surface area contributed by atoms with E-state index in [0.717, 1.165) is 28.3 Å².